The number of nitrogens with zero attached hydrogens (tertiary/aromatic N) is 1. The smallest absolute Gasteiger partial charge is 0.133 e. The monoisotopic (exact) mass is 310 g/mol. The lowest BCUT2D eigenvalue weighted by Crippen LogP contribution is -2.25. The van der Waals surface area contributed by atoms with Crippen LogP contribution in [-0.4, -0.2) is 38.2 Å². The first-order chi connectivity index (χ1) is 8.76. The van der Waals surface area contributed by atoms with Crippen molar-refractivity contribution in [3.63, 3.8) is 0 Å². The van der Waals surface area contributed by atoms with Gasteiger partial charge in [0.25, 0.3) is 0 Å². The quantitative estimate of drug-likeness (QED) is 0.925. The molecule has 0 saturated carbocycles. The Morgan fingerprint density at radius 2 is 2.06 bits per heavy atom. The van der Waals surface area contributed by atoms with Crippen molar-refractivity contribution in [1.82, 2.24) is 10.2 Å². The highest BCUT2D eigenvalue weighted by atomic mass is 79.9. The van der Waals surface area contributed by atoms with E-state index in [0.29, 0.717) is 0 Å². The van der Waals surface area contributed by atoms with E-state index in [1.807, 2.05) is 6.07 Å². The predicted octanol–water partition coefficient (Wildman–Crippen LogP) is 2.11. The molecule has 0 bridgehead atoms. The maximum atomic E-state index is 5.26. The van der Waals surface area contributed by atoms with Crippen LogP contribution in [0.2, 0.25) is 0 Å². The van der Waals surface area contributed by atoms with Crippen LogP contribution in [-0.2, 0) is 6.54 Å². The second kappa shape index (κ2) is 5.19. The summed E-state index contributed by atoms with van der Waals surface area (Å²) in [5.41, 5.74) is 1.36. The molecule has 0 amide bonds. The number of halogens is 1. The molecule has 0 aromatic heterocycles. The Hall–Kier alpha value is -0.580. The molecule has 0 unspecified atom stereocenters. The average molecular weight is 311 g/mol. The molecule has 3 nitrogen and oxygen atoms in total. The van der Waals surface area contributed by atoms with Gasteiger partial charge in [0.15, 0.2) is 0 Å². The highest BCUT2D eigenvalue weighted by molar-refractivity contribution is 9.10. The van der Waals surface area contributed by atoms with E-state index in [1.165, 1.54) is 31.7 Å². The third kappa shape index (κ3) is 2.42. The lowest BCUT2D eigenvalue weighted by molar-refractivity contribution is 0.305. The predicted molar refractivity (Wildman–Crippen MR) is 75.8 cm³/mol. The van der Waals surface area contributed by atoms with E-state index in [2.05, 4.69) is 38.3 Å². The molecule has 1 aromatic rings. The highest BCUT2D eigenvalue weighted by Gasteiger charge is 2.35. The fraction of sp³-hybridized carbons (Fsp3) is 0.571. The van der Waals surface area contributed by atoms with Crippen molar-refractivity contribution in [1.29, 1.82) is 0 Å². The Morgan fingerprint density at radius 3 is 2.67 bits per heavy atom. The summed E-state index contributed by atoms with van der Waals surface area (Å²) in [4.78, 5) is 2.57. The van der Waals surface area contributed by atoms with Gasteiger partial charge in [0.2, 0.25) is 0 Å². The van der Waals surface area contributed by atoms with Gasteiger partial charge in [-0.25, -0.2) is 0 Å². The van der Waals surface area contributed by atoms with Crippen molar-refractivity contribution < 1.29 is 4.74 Å². The Kier molecular flexibility index (Phi) is 3.59. The summed E-state index contributed by atoms with van der Waals surface area (Å²) in [6.07, 6.45) is 0. The second-order valence-corrected chi connectivity index (χ2v) is 6.20. The number of rotatable bonds is 3. The summed E-state index contributed by atoms with van der Waals surface area (Å²) in [5.74, 6) is 2.64. The highest BCUT2D eigenvalue weighted by Crippen LogP contribution is 2.29. The summed E-state index contributed by atoms with van der Waals surface area (Å²) < 4.78 is 6.31. The molecule has 2 fully saturated rings. The molecule has 0 spiro atoms. The van der Waals surface area contributed by atoms with Crippen LogP contribution in [0.25, 0.3) is 0 Å². The maximum absolute atomic E-state index is 5.26. The molecule has 0 radical (unpaired) electrons. The van der Waals surface area contributed by atoms with E-state index in [1.54, 1.807) is 7.11 Å². The van der Waals surface area contributed by atoms with Crippen molar-refractivity contribution in [3.05, 3.63) is 28.2 Å². The fourth-order valence-corrected chi connectivity index (χ4v) is 3.74. The number of hydrogen-bond acceptors (Lipinski definition) is 3. The standard InChI is InChI=1S/C14H19BrN2O/c1-18-14-3-2-10(4-13(14)15)7-17-8-11-5-16-6-12(11)9-17/h2-4,11-12,16H,5-9H2,1H3/t11-,12+. The van der Waals surface area contributed by atoms with Gasteiger partial charge in [0.05, 0.1) is 11.6 Å². The van der Waals surface area contributed by atoms with Crippen LogP contribution in [0, 0.1) is 11.8 Å². The van der Waals surface area contributed by atoms with Gasteiger partial charge in [-0.1, -0.05) is 6.07 Å². The van der Waals surface area contributed by atoms with Crippen molar-refractivity contribution in [2.75, 3.05) is 33.3 Å². The van der Waals surface area contributed by atoms with Gasteiger partial charge in [0.1, 0.15) is 5.75 Å². The number of hydrogen-bond donors (Lipinski definition) is 1. The van der Waals surface area contributed by atoms with Gasteiger partial charge in [-0.2, -0.15) is 0 Å². The minimum atomic E-state index is 0.867. The van der Waals surface area contributed by atoms with Crippen LogP contribution >= 0.6 is 15.9 Å². The molecule has 4 heteroatoms. The zero-order chi connectivity index (χ0) is 12.5. The first-order valence-corrected chi connectivity index (χ1v) is 7.31. The lowest BCUT2D eigenvalue weighted by atomic mass is 10.0. The maximum Gasteiger partial charge on any atom is 0.133 e. The molecule has 1 aromatic carbocycles. The van der Waals surface area contributed by atoms with Gasteiger partial charge in [0, 0.05) is 19.6 Å². The first kappa shape index (κ1) is 12.5. The topological polar surface area (TPSA) is 24.5 Å². The molecule has 18 heavy (non-hydrogen) atoms. The normalized spacial score (nSPS) is 27.4. The fourth-order valence-electron chi connectivity index (χ4n) is 3.15. The zero-order valence-electron chi connectivity index (χ0n) is 10.7. The van der Waals surface area contributed by atoms with Gasteiger partial charge >= 0.3 is 0 Å². The van der Waals surface area contributed by atoms with Crippen LogP contribution in [0.1, 0.15) is 5.56 Å². The number of likely N-dealkylation sites (tertiary alicyclic amines) is 1. The molecular formula is C14H19BrN2O. The summed E-state index contributed by atoms with van der Waals surface area (Å²) in [5, 5.41) is 3.48. The summed E-state index contributed by atoms with van der Waals surface area (Å²) in [6.45, 7) is 5.93. The van der Waals surface area contributed by atoms with Crippen LogP contribution in [0.15, 0.2) is 22.7 Å². The molecule has 3 rings (SSSR count). The number of nitrogens with one attached hydrogen (secondary N) is 1. The van der Waals surface area contributed by atoms with E-state index in [9.17, 15) is 0 Å². The third-order valence-electron chi connectivity index (χ3n) is 4.09. The third-order valence-corrected chi connectivity index (χ3v) is 4.71. The van der Waals surface area contributed by atoms with E-state index in [-0.39, 0.29) is 0 Å². The van der Waals surface area contributed by atoms with Gasteiger partial charge in [-0.15, -0.1) is 0 Å². The Morgan fingerprint density at radius 1 is 1.33 bits per heavy atom. The van der Waals surface area contributed by atoms with Crippen LogP contribution in [0.4, 0.5) is 0 Å². The molecule has 1 N–H and O–H groups in total. The van der Waals surface area contributed by atoms with Crippen molar-refractivity contribution >= 4 is 15.9 Å². The number of fused-ring (bicyclic) bond motifs is 1. The summed E-state index contributed by atoms with van der Waals surface area (Å²) in [6, 6.07) is 6.37. The Bertz CT molecular complexity index is 426. The Balaban J connectivity index is 1.65. The average Bonchev–Trinajstić information content (AvgIpc) is 2.90. The summed E-state index contributed by atoms with van der Waals surface area (Å²) >= 11 is 3.55. The number of ether oxygens (including phenoxy) is 1. The first-order valence-electron chi connectivity index (χ1n) is 6.52. The molecule has 0 aliphatic carbocycles. The van der Waals surface area contributed by atoms with Crippen LogP contribution < -0.4 is 10.1 Å². The molecule has 98 valence electrons. The molecule has 2 aliphatic heterocycles. The van der Waals surface area contributed by atoms with Crippen molar-refractivity contribution in [2.24, 2.45) is 11.8 Å². The van der Waals surface area contributed by atoms with Crippen molar-refractivity contribution in [3.8, 4) is 5.75 Å². The van der Waals surface area contributed by atoms with Gasteiger partial charge in [-0.05, 0) is 58.6 Å². The van der Waals surface area contributed by atoms with Crippen molar-refractivity contribution in [2.45, 2.75) is 6.54 Å². The van der Waals surface area contributed by atoms with E-state index < -0.39 is 0 Å². The van der Waals surface area contributed by atoms with E-state index >= 15 is 0 Å². The van der Waals surface area contributed by atoms with E-state index in [4.69, 9.17) is 4.74 Å². The molecule has 2 heterocycles. The minimum absolute atomic E-state index is 0.867. The molecule has 2 saturated heterocycles. The molecule has 2 atom stereocenters. The minimum Gasteiger partial charge on any atom is -0.496 e. The van der Waals surface area contributed by atoms with Gasteiger partial charge in [-0.3, -0.25) is 4.90 Å². The second-order valence-electron chi connectivity index (χ2n) is 5.34. The zero-order valence-corrected chi connectivity index (χ0v) is 12.2. The molecule has 2 aliphatic rings. The number of benzene rings is 1. The van der Waals surface area contributed by atoms with Crippen LogP contribution in [0.5, 0.6) is 5.75 Å². The SMILES string of the molecule is COc1ccc(CN2C[C@H]3CNC[C@H]3C2)cc1Br. The summed E-state index contributed by atoms with van der Waals surface area (Å²) in [7, 11) is 1.70. The lowest BCUT2D eigenvalue weighted by Gasteiger charge is -2.17. The molecular weight excluding hydrogens is 292 g/mol. The van der Waals surface area contributed by atoms with Crippen LogP contribution in [0.3, 0.4) is 0 Å². The largest absolute Gasteiger partial charge is 0.496 e. The number of methoxy groups -OCH3 is 1. The van der Waals surface area contributed by atoms with Gasteiger partial charge < -0.3 is 10.1 Å². The van der Waals surface area contributed by atoms with E-state index in [0.717, 1.165) is 28.6 Å². The Labute approximate surface area is 117 Å².